The summed E-state index contributed by atoms with van der Waals surface area (Å²) < 4.78 is 13.7. The van der Waals surface area contributed by atoms with Gasteiger partial charge in [0.15, 0.2) is 5.82 Å². The van der Waals surface area contributed by atoms with Crippen LogP contribution >= 0.6 is 23.2 Å². The van der Waals surface area contributed by atoms with Gasteiger partial charge in [-0.05, 0) is 12.1 Å². The smallest absolute Gasteiger partial charge is 0.332 e. The first-order valence-corrected chi connectivity index (χ1v) is 5.62. The summed E-state index contributed by atoms with van der Waals surface area (Å²) in [4.78, 5) is 17.3. The number of aromatic nitrogens is 2. The Morgan fingerprint density at radius 3 is 2.74 bits per heavy atom. The summed E-state index contributed by atoms with van der Waals surface area (Å²) in [6, 6.07) is 4.20. The Morgan fingerprint density at radius 2 is 2.05 bits per heavy atom. The van der Waals surface area contributed by atoms with Crippen LogP contribution < -0.4 is 5.32 Å². The van der Waals surface area contributed by atoms with E-state index in [-0.39, 0.29) is 21.7 Å². The molecule has 1 aromatic carbocycles. The second-order valence-corrected chi connectivity index (χ2v) is 4.11. The molecule has 0 bridgehead atoms. The standard InChI is InChI=1S/C10H5Cl2FN4O2/c11-5-2-1-3-6(7(5)13)16-10-8(17(18)19)9(12)14-4-15-10/h1-4H,(H,14,15,16). The molecule has 9 heteroatoms. The Morgan fingerprint density at radius 1 is 1.32 bits per heavy atom. The highest BCUT2D eigenvalue weighted by molar-refractivity contribution is 6.32. The van der Waals surface area contributed by atoms with Crippen LogP contribution in [0.1, 0.15) is 0 Å². The lowest BCUT2D eigenvalue weighted by molar-refractivity contribution is -0.384. The number of nitrogens with one attached hydrogen (secondary N) is 1. The first-order chi connectivity index (χ1) is 9.00. The van der Waals surface area contributed by atoms with Gasteiger partial charge in [0.1, 0.15) is 6.33 Å². The van der Waals surface area contributed by atoms with Crippen molar-refractivity contribution in [3.8, 4) is 0 Å². The van der Waals surface area contributed by atoms with Crippen molar-refractivity contribution < 1.29 is 9.31 Å². The van der Waals surface area contributed by atoms with E-state index in [4.69, 9.17) is 23.2 Å². The Bertz CT molecular complexity index is 653. The molecule has 98 valence electrons. The molecule has 0 fully saturated rings. The van der Waals surface area contributed by atoms with Gasteiger partial charge in [0.2, 0.25) is 11.0 Å². The third kappa shape index (κ3) is 2.72. The van der Waals surface area contributed by atoms with Crippen LogP contribution in [-0.4, -0.2) is 14.9 Å². The van der Waals surface area contributed by atoms with E-state index in [1.165, 1.54) is 18.2 Å². The molecule has 0 aliphatic heterocycles. The highest BCUT2D eigenvalue weighted by Gasteiger charge is 2.22. The monoisotopic (exact) mass is 302 g/mol. The molecule has 0 amide bonds. The maximum atomic E-state index is 13.7. The van der Waals surface area contributed by atoms with Gasteiger partial charge in [-0.25, -0.2) is 14.4 Å². The van der Waals surface area contributed by atoms with E-state index in [1.54, 1.807) is 0 Å². The van der Waals surface area contributed by atoms with Crippen LogP contribution in [0.5, 0.6) is 0 Å². The Kier molecular flexibility index (Phi) is 3.77. The van der Waals surface area contributed by atoms with Crippen molar-refractivity contribution >= 4 is 40.4 Å². The zero-order chi connectivity index (χ0) is 14.0. The summed E-state index contributed by atoms with van der Waals surface area (Å²) in [5.74, 6) is -0.959. The maximum absolute atomic E-state index is 13.7. The summed E-state index contributed by atoms with van der Waals surface area (Å²) in [5.41, 5.74) is -0.589. The third-order valence-electron chi connectivity index (χ3n) is 2.16. The average molecular weight is 303 g/mol. The van der Waals surface area contributed by atoms with Crippen molar-refractivity contribution in [1.29, 1.82) is 0 Å². The fourth-order valence-corrected chi connectivity index (χ4v) is 1.72. The van der Waals surface area contributed by atoms with Gasteiger partial charge in [-0.1, -0.05) is 29.3 Å². The van der Waals surface area contributed by atoms with Crippen molar-refractivity contribution in [2.75, 3.05) is 5.32 Å². The van der Waals surface area contributed by atoms with Crippen LogP contribution in [0.15, 0.2) is 24.5 Å². The van der Waals surface area contributed by atoms with Crippen LogP contribution in [0, 0.1) is 15.9 Å². The van der Waals surface area contributed by atoms with Gasteiger partial charge in [0.05, 0.1) is 15.6 Å². The minimum atomic E-state index is -0.757. The van der Waals surface area contributed by atoms with Gasteiger partial charge >= 0.3 is 5.69 Å². The van der Waals surface area contributed by atoms with Gasteiger partial charge in [-0.15, -0.1) is 0 Å². The first-order valence-electron chi connectivity index (χ1n) is 4.86. The number of halogens is 3. The SMILES string of the molecule is O=[N+]([O-])c1c(Cl)ncnc1Nc1cccc(Cl)c1F. The van der Waals surface area contributed by atoms with Crippen molar-refractivity contribution in [3.05, 3.63) is 50.6 Å². The fraction of sp³-hybridized carbons (Fsp3) is 0. The van der Waals surface area contributed by atoms with E-state index in [1.807, 2.05) is 0 Å². The van der Waals surface area contributed by atoms with E-state index < -0.39 is 16.4 Å². The first kappa shape index (κ1) is 13.4. The van der Waals surface area contributed by atoms with E-state index in [0.717, 1.165) is 6.33 Å². The molecule has 0 radical (unpaired) electrons. The molecule has 0 unspecified atom stereocenters. The largest absolute Gasteiger partial charge is 0.348 e. The lowest BCUT2D eigenvalue weighted by atomic mass is 10.3. The number of hydrogen-bond acceptors (Lipinski definition) is 5. The quantitative estimate of drug-likeness (QED) is 0.532. The molecular weight excluding hydrogens is 298 g/mol. The van der Waals surface area contributed by atoms with E-state index in [2.05, 4.69) is 15.3 Å². The zero-order valence-corrected chi connectivity index (χ0v) is 10.6. The second kappa shape index (κ2) is 5.33. The second-order valence-electron chi connectivity index (χ2n) is 3.35. The van der Waals surface area contributed by atoms with Crippen LogP contribution in [0.2, 0.25) is 10.2 Å². The number of benzene rings is 1. The lowest BCUT2D eigenvalue weighted by Crippen LogP contribution is -2.03. The van der Waals surface area contributed by atoms with Gasteiger partial charge in [0, 0.05) is 0 Å². The maximum Gasteiger partial charge on any atom is 0.348 e. The van der Waals surface area contributed by atoms with Crippen molar-refractivity contribution in [2.24, 2.45) is 0 Å². The number of anilines is 2. The fourth-order valence-electron chi connectivity index (χ4n) is 1.34. The molecule has 2 aromatic rings. The van der Waals surface area contributed by atoms with Crippen molar-refractivity contribution in [3.63, 3.8) is 0 Å². The summed E-state index contributed by atoms with van der Waals surface area (Å²) >= 11 is 11.2. The highest BCUT2D eigenvalue weighted by Crippen LogP contribution is 2.32. The van der Waals surface area contributed by atoms with Gasteiger partial charge in [-0.2, -0.15) is 0 Å². The summed E-state index contributed by atoms with van der Waals surface area (Å²) in [7, 11) is 0. The Labute approximate surface area is 116 Å². The number of hydrogen-bond donors (Lipinski definition) is 1. The van der Waals surface area contributed by atoms with Gasteiger partial charge < -0.3 is 5.32 Å². The molecule has 1 aromatic heterocycles. The summed E-state index contributed by atoms with van der Waals surface area (Å²) in [6.07, 6.45) is 1.03. The van der Waals surface area contributed by atoms with Gasteiger partial charge in [0.25, 0.3) is 0 Å². The molecule has 0 saturated carbocycles. The molecule has 1 N–H and O–H groups in total. The predicted octanol–water partition coefficient (Wildman–Crippen LogP) is 3.57. The molecule has 19 heavy (non-hydrogen) atoms. The Hall–Kier alpha value is -1.99. The summed E-state index contributed by atoms with van der Waals surface area (Å²) in [6.45, 7) is 0. The van der Waals surface area contributed by atoms with Crippen LogP contribution in [-0.2, 0) is 0 Å². The minimum absolute atomic E-state index is 0.0506. The topological polar surface area (TPSA) is 81.0 Å². The molecule has 0 aliphatic carbocycles. The molecule has 6 nitrogen and oxygen atoms in total. The predicted molar refractivity (Wildman–Crippen MR) is 68.4 cm³/mol. The van der Waals surface area contributed by atoms with E-state index in [0.29, 0.717) is 0 Å². The number of nitro groups is 1. The number of nitrogens with zero attached hydrogens (tertiary/aromatic N) is 3. The molecule has 0 saturated heterocycles. The lowest BCUT2D eigenvalue weighted by Gasteiger charge is -2.07. The zero-order valence-electron chi connectivity index (χ0n) is 9.10. The van der Waals surface area contributed by atoms with E-state index in [9.17, 15) is 14.5 Å². The van der Waals surface area contributed by atoms with Crippen LogP contribution in [0.3, 0.4) is 0 Å². The highest BCUT2D eigenvalue weighted by atomic mass is 35.5. The molecule has 0 atom stereocenters. The van der Waals surface area contributed by atoms with Crippen molar-refractivity contribution in [1.82, 2.24) is 9.97 Å². The minimum Gasteiger partial charge on any atom is -0.332 e. The molecular formula is C10H5Cl2FN4O2. The molecule has 2 rings (SSSR count). The van der Waals surface area contributed by atoms with Gasteiger partial charge in [-0.3, -0.25) is 10.1 Å². The Balaban J connectivity index is 2.47. The third-order valence-corrected chi connectivity index (χ3v) is 2.73. The molecule has 1 heterocycles. The molecule has 0 aliphatic rings. The van der Waals surface area contributed by atoms with E-state index >= 15 is 0 Å². The van der Waals surface area contributed by atoms with Crippen LogP contribution in [0.4, 0.5) is 21.6 Å². The summed E-state index contributed by atoms with van der Waals surface area (Å²) in [5, 5.41) is 12.9. The van der Waals surface area contributed by atoms with Crippen LogP contribution in [0.25, 0.3) is 0 Å². The average Bonchev–Trinajstić information content (AvgIpc) is 2.34. The van der Waals surface area contributed by atoms with Crippen molar-refractivity contribution in [2.45, 2.75) is 0 Å². The normalized spacial score (nSPS) is 10.3. The molecule has 0 spiro atoms. The number of rotatable bonds is 3.